The number of amidine groups is 1. The number of aliphatic imine (C=N–C) groups is 1. The monoisotopic (exact) mass is 446 g/mol. The van der Waals surface area contributed by atoms with Crippen molar-refractivity contribution >= 4 is 32.7 Å². The molecule has 2 aromatic carbocycles. The Morgan fingerprint density at radius 2 is 1.73 bits per heavy atom. The summed E-state index contributed by atoms with van der Waals surface area (Å²) >= 11 is 1.40. The summed E-state index contributed by atoms with van der Waals surface area (Å²) in [4.78, 5) is 18.8. The molecule has 2 aliphatic rings. The molecule has 0 bridgehead atoms. The van der Waals surface area contributed by atoms with Crippen LogP contribution in [0.3, 0.4) is 0 Å². The van der Waals surface area contributed by atoms with Crippen molar-refractivity contribution in [3.05, 3.63) is 71.5 Å². The minimum Gasteiger partial charge on any atom is -0.346 e. The minimum atomic E-state index is -3.08. The Morgan fingerprint density at radius 1 is 1.03 bits per heavy atom. The number of amides is 1. The van der Waals surface area contributed by atoms with Gasteiger partial charge in [0.15, 0.2) is 15.0 Å². The Labute approximate surface area is 180 Å². The second kappa shape index (κ2) is 8.89. The van der Waals surface area contributed by atoms with Crippen LogP contribution in [-0.2, 0) is 27.5 Å². The Balaban J connectivity index is 1.46. The van der Waals surface area contributed by atoms with E-state index in [4.69, 9.17) is 0 Å². The molecule has 158 valence electrons. The number of aryl methyl sites for hydroxylation is 1. The summed E-state index contributed by atoms with van der Waals surface area (Å²) in [5.74, 6) is -0.280. The van der Waals surface area contributed by atoms with E-state index in [0.29, 0.717) is 31.0 Å². The first-order valence-electron chi connectivity index (χ1n) is 9.93. The zero-order valence-corrected chi connectivity index (χ0v) is 18.0. The number of halogens is 1. The number of carbonyl (C=O) groups is 1. The van der Waals surface area contributed by atoms with Crippen LogP contribution >= 0.6 is 11.8 Å². The van der Waals surface area contributed by atoms with Crippen molar-refractivity contribution in [2.75, 3.05) is 18.1 Å². The molecule has 0 unspecified atom stereocenters. The molecule has 2 aromatic rings. The van der Waals surface area contributed by atoms with E-state index >= 15 is 0 Å². The number of fused-ring (bicyclic) bond motifs is 1. The number of rotatable bonds is 6. The molecule has 0 N–H and O–H groups in total. The van der Waals surface area contributed by atoms with Crippen molar-refractivity contribution in [1.82, 2.24) is 4.90 Å². The molecule has 0 aliphatic carbocycles. The lowest BCUT2D eigenvalue weighted by molar-refractivity contribution is -0.117. The van der Waals surface area contributed by atoms with E-state index in [2.05, 4.69) is 4.99 Å². The highest BCUT2D eigenvalue weighted by molar-refractivity contribution is 8.15. The number of nitrogens with zero attached hydrogens (tertiary/aromatic N) is 2. The average Bonchev–Trinajstić information content (AvgIpc) is 3.18. The zero-order chi connectivity index (χ0) is 21.1. The second-order valence-electron chi connectivity index (χ2n) is 7.64. The van der Waals surface area contributed by atoms with E-state index < -0.39 is 9.84 Å². The minimum absolute atomic E-state index is 0.0886. The number of thioether (sulfide) groups is 1. The molecule has 2 fully saturated rings. The van der Waals surface area contributed by atoms with Crippen LogP contribution in [0.1, 0.15) is 17.5 Å². The highest BCUT2D eigenvalue weighted by Gasteiger charge is 2.48. The van der Waals surface area contributed by atoms with Crippen molar-refractivity contribution in [1.29, 1.82) is 0 Å². The van der Waals surface area contributed by atoms with Gasteiger partial charge in [0.25, 0.3) is 0 Å². The first kappa shape index (κ1) is 21.1. The molecule has 8 heteroatoms. The molecule has 0 spiro atoms. The van der Waals surface area contributed by atoms with E-state index in [9.17, 15) is 17.6 Å². The van der Waals surface area contributed by atoms with Crippen LogP contribution in [0.25, 0.3) is 0 Å². The molecule has 2 aliphatic heterocycles. The number of carbonyl (C=O) groups excluding carboxylic acids is 1. The Bertz CT molecular complexity index is 1040. The van der Waals surface area contributed by atoms with Gasteiger partial charge < -0.3 is 4.90 Å². The summed E-state index contributed by atoms with van der Waals surface area (Å²) in [6.45, 7) is 0.542. The third kappa shape index (κ3) is 5.10. The Morgan fingerprint density at radius 3 is 2.47 bits per heavy atom. The summed E-state index contributed by atoms with van der Waals surface area (Å²) in [5.41, 5.74) is 2.04. The Kier molecular flexibility index (Phi) is 6.24. The van der Waals surface area contributed by atoms with E-state index in [1.807, 2.05) is 35.2 Å². The summed E-state index contributed by atoms with van der Waals surface area (Å²) in [7, 11) is -3.08. The fraction of sp³-hybridized carbons (Fsp3) is 0.364. The van der Waals surface area contributed by atoms with Crippen LogP contribution in [-0.4, -0.2) is 53.7 Å². The highest BCUT2D eigenvalue weighted by atomic mass is 32.2. The molecule has 0 aromatic heterocycles. The summed E-state index contributed by atoms with van der Waals surface area (Å²) in [5, 5.41) is 0.518. The van der Waals surface area contributed by atoms with Gasteiger partial charge in [0.2, 0.25) is 5.91 Å². The molecule has 2 heterocycles. The quantitative estimate of drug-likeness (QED) is 0.682. The predicted octanol–water partition coefficient (Wildman–Crippen LogP) is 3.10. The summed E-state index contributed by atoms with van der Waals surface area (Å²) in [6.07, 6.45) is 1.56. The average molecular weight is 447 g/mol. The van der Waals surface area contributed by atoms with Crippen LogP contribution in [0, 0.1) is 5.82 Å². The van der Waals surface area contributed by atoms with Crippen LogP contribution in [0.5, 0.6) is 0 Å². The number of hydrogen-bond acceptors (Lipinski definition) is 4. The van der Waals surface area contributed by atoms with Gasteiger partial charge in [0.05, 0.1) is 17.5 Å². The van der Waals surface area contributed by atoms with E-state index in [0.717, 1.165) is 11.1 Å². The van der Waals surface area contributed by atoms with Crippen LogP contribution in [0.15, 0.2) is 59.6 Å². The number of hydrogen-bond donors (Lipinski definition) is 0. The predicted molar refractivity (Wildman–Crippen MR) is 118 cm³/mol. The van der Waals surface area contributed by atoms with Crippen molar-refractivity contribution in [2.45, 2.75) is 30.6 Å². The third-order valence-electron chi connectivity index (χ3n) is 5.42. The molecular formula is C22H23FN2O3S2. The maximum Gasteiger partial charge on any atom is 0.248 e. The van der Waals surface area contributed by atoms with Gasteiger partial charge in [-0.2, -0.15) is 4.99 Å². The van der Waals surface area contributed by atoms with Gasteiger partial charge in [0, 0.05) is 18.2 Å². The topological polar surface area (TPSA) is 66.8 Å². The van der Waals surface area contributed by atoms with Crippen LogP contribution < -0.4 is 0 Å². The summed E-state index contributed by atoms with van der Waals surface area (Å²) in [6, 6.07) is 15.9. The molecule has 5 nitrogen and oxygen atoms in total. The SMILES string of the molecule is O=C(CCc1ccccc1)N=C1S[C@@H]2CS(=O)(=O)C[C@@H]2N1CCc1ccc(F)cc1. The van der Waals surface area contributed by atoms with Gasteiger partial charge in [-0.15, -0.1) is 0 Å². The lowest BCUT2D eigenvalue weighted by Gasteiger charge is -2.24. The van der Waals surface area contributed by atoms with Gasteiger partial charge in [-0.1, -0.05) is 54.2 Å². The maximum absolute atomic E-state index is 13.2. The molecule has 30 heavy (non-hydrogen) atoms. The smallest absolute Gasteiger partial charge is 0.248 e. The standard InChI is InChI=1S/C22H23FN2O3S2/c23-18-9-6-17(7-10-18)12-13-25-19-14-30(27,28)15-20(19)29-22(25)24-21(26)11-8-16-4-2-1-3-5-16/h1-7,9-10,19-20H,8,11-15H2/t19-,20+/m0/s1. The molecule has 2 saturated heterocycles. The molecule has 2 atom stereocenters. The number of benzene rings is 2. The zero-order valence-electron chi connectivity index (χ0n) is 16.4. The molecular weight excluding hydrogens is 423 g/mol. The lowest BCUT2D eigenvalue weighted by Crippen LogP contribution is -2.39. The van der Waals surface area contributed by atoms with Gasteiger partial charge in [-0.3, -0.25) is 4.79 Å². The Hall–Kier alpha value is -2.19. The van der Waals surface area contributed by atoms with Crippen molar-refractivity contribution < 1.29 is 17.6 Å². The number of sulfone groups is 1. The molecule has 0 radical (unpaired) electrons. The van der Waals surface area contributed by atoms with Crippen LogP contribution in [0.2, 0.25) is 0 Å². The maximum atomic E-state index is 13.2. The normalized spacial score (nSPS) is 23.6. The molecule has 4 rings (SSSR count). The largest absolute Gasteiger partial charge is 0.346 e. The summed E-state index contributed by atoms with van der Waals surface area (Å²) < 4.78 is 37.4. The van der Waals surface area contributed by atoms with Gasteiger partial charge in [0.1, 0.15) is 5.82 Å². The molecule has 0 saturated carbocycles. The fourth-order valence-corrected chi connectivity index (χ4v) is 7.85. The van der Waals surface area contributed by atoms with Gasteiger partial charge >= 0.3 is 0 Å². The lowest BCUT2D eigenvalue weighted by atomic mass is 10.1. The molecule has 1 amide bonds. The van der Waals surface area contributed by atoms with Crippen molar-refractivity contribution in [3.63, 3.8) is 0 Å². The fourth-order valence-electron chi connectivity index (χ4n) is 3.86. The van der Waals surface area contributed by atoms with Crippen molar-refractivity contribution in [2.24, 2.45) is 4.99 Å². The van der Waals surface area contributed by atoms with Crippen LogP contribution in [0.4, 0.5) is 4.39 Å². The van der Waals surface area contributed by atoms with E-state index in [-0.39, 0.29) is 34.5 Å². The van der Waals surface area contributed by atoms with Crippen molar-refractivity contribution in [3.8, 4) is 0 Å². The van der Waals surface area contributed by atoms with E-state index in [1.54, 1.807) is 12.1 Å². The first-order chi connectivity index (χ1) is 14.4. The highest BCUT2D eigenvalue weighted by Crippen LogP contribution is 2.38. The van der Waals surface area contributed by atoms with Gasteiger partial charge in [-0.25, -0.2) is 12.8 Å². The second-order valence-corrected chi connectivity index (χ2v) is 11.0. The van der Waals surface area contributed by atoms with Gasteiger partial charge in [-0.05, 0) is 36.1 Å². The third-order valence-corrected chi connectivity index (χ3v) is 8.67. The first-order valence-corrected chi connectivity index (χ1v) is 12.6. The van der Waals surface area contributed by atoms with E-state index in [1.165, 1.54) is 23.9 Å².